The van der Waals surface area contributed by atoms with Crippen LogP contribution in [0.15, 0.2) is 30.3 Å². The Bertz CT molecular complexity index is 650. The van der Waals surface area contributed by atoms with Crippen LogP contribution in [0.2, 0.25) is 0 Å². The van der Waals surface area contributed by atoms with Crippen molar-refractivity contribution >= 4 is 29.6 Å². The van der Waals surface area contributed by atoms with E-state index in [9.17, 15) is 19.5 Å². The van der Waals surface area contributed by atoms with Crippen molar-refractivity contribution in [3.63, 3.8) is 0 Å². The van der Waals surface area contributed by atoms with Crippen LogP contribution in [0.25, 0.3) is 0 Å². The Morgan fingerprint density at radius 1 is 1.32 bits per heavy atom. The van der Waals surface area contributed by atoms with Crippen molar-refractivity contribution in [2.24, 2.45) is 0 Å². The molecule has 7 nitrogen and oxygen atoms in total. The molecule has 1 saturated heterocycles. The van der Waals surface area contributed by atoms with Crippen molar-refractivity contribution in [1.29, 1.82) is 0 Å². The number of carboxylic acids is 1. The first-order valence-corrected chi connectivity index (χ1v) is 8.83. The number of carboxylic acid groups (broad SMARTS) is 1. The summed E-state index contributed by atoms with van der Waals surface area (Å²) in [6.45, 7) is 5.40. The molecular formula is C17H22N2O5S. The average molecular weight is 366 g/mol. The molecule has 1 aliphatic heterocycles. The van der Waals surface area contributed by atoms with Crippen LogP contribution in [0.4, 0.5) is 0 Å². The first-order valence-electron chi connectivity index (χ1n) is 7.95. The van der Waals surface area contributed by atoms with Crippen molar-refractivity contribution in [1.82, 2.24) is 10.6 Å². The van der Waals surface area contributed by atoms with Crippen LogP contribution in [-0.4, -0.2) is 51.8 Å². The molecule has 1 aromatic carbocycles. The van der Waals surface area contributed by atoms with E-state index in [4.69, 9.17) is 4.74 Å². The molecule has 1 heterocycles. The molecule has 0 bridgehead atoms. The van der Waals surface area contributed by atoms with Gasteiger partial charge in [0.25, 0.3) is 5.91 Å². The lowest BCUT2D eigenvalue weighted by molar-refractivity contribution is -0.146. The maximum Gasteiger partial charge on any atom is 0.331 e. The van der Waals surface area contributed by atoms with E-state index in [1.165, 1.54) is 11.8 Å². The molecule has 136 valence electrons. The molecule has 0 aromatic heterocycles. The highest BCUT2D eigenvalue weighted by Crippen LogP contribution is 2.39. The Kier molecular flexibility index (Phi) is 6.07. The summed E-state index contributed by atoms with van der Waals surface area (Å²) in [5.41, 5.74) is 0.411. The van der Waals surface area contributed by atoms with E-state index in [0.29, 0.717) is 5.56 Å². The van der Waals surface area contributed by atoms with Gasteiger partial charge in [0.1, 0.15) is 6.04 Å². The Hall–Kier alpha value is -2.06. The monoisotopic (exact) mass is 366 g/mol. The Balaban J connectivity index is 2.21. The van der Waals surface area contributed by atoms with Crippen molar-refractivity contribution in [3.8, 4) is 0 Å². The van der Waals surface area contributed by atoms with Crippen LogP contribution in [-0.2, 0) is 14.3 Å². The van der Waals surface area contributed by atoms with Crippen LogP contribution < -0.4 is 10.6 Å². The Morgan fingerprint density at radius 3 is 2.48 bits per heavy atom. The third kappa shape index (κ3) is 4.52. The minimum absolute atomic E-state index is 0.166. The highest BCUT2D eigenvalue weighted by Gasteiger charge is 2.49. The summed E-state index contributed by atoms with van der Waals surface area (Å²) >= 11 is 1.30. The van der Waals surface area contributed by atoms with Gasteiger partial charge in [0.15, 0.2) is 6.04 Å². The fraction of sp³-hybridized carbons (Fsp3) is 0.471. The minimum Gasteiger partial charge on any atom is -0.480 e. The van der Waals surface area contributed by atoms with Gasteiger partial charge in [-0.05, 0) is 32.9 Å². The molecule has 1 aliphatic rings. The highest BCUT2D eigenvalue weighted by molar-refractivity contribution is 8.01. The summed E-state index contributed by atoms with van der Waals surface area (Å²) in [4.78, 5) is 36.2. The maximum absolute atomic E-state index is 12.4. The van der Waals surface area contributed by atoms with Crippen molar-refractivity contribution in [3.05, 3.63) is 35.9 Å². The molecular weight excluding hydrogens is 344 g/mol. The quantitative estimate of drug-likeness (QED) is 0.651. The zero-order valence-electron chi connectivity index (χ0n) is 14.3. The normalized spacial score (nSPS) is 22.8. The predicted molar refractivity (Wildman–Crippen MR) is 94.3 cm³/mol. The summed E-state index contributed by atoms with van der Waals surface area (Å²) in [6.07, 6.45) is 0. The number of esters is 1. The van der Waals surface area contributed by atoms with E-state index in [1.807, 2.05) is 0 Å². The van der Waals surface area contributed by atoms with Gasteiger partial charge in [0, 0.05) is 10.3 Å². The third-order valence-electron chi connectivity index (χ3n) is 3.87. The van der Waals surface area contributed by atoms with E-state index in [0.717, 1.165) is 0 Å². The SMILES string of the molecule is CCOC(=O)[C@H](NC(=O)c1ccccc1)[C@@H]1N[C@H](C(=O)O)C(C)(C)S1. The highest BCUT2D eigenvalue weighted by atomic mass is 32.2. The number of carbonyl (C=O) groups excluding carboxylic acids is 2. The van der Waals surface area contributed by atoms with Crippen LogP contribution in [0.1, 0.15) is 31.1 Å². The number of aliphatic carboxylic acids is 1. The van der Waals surface area contributed by atoms with Crippen LogP contribution >= 0.6 is 11.8 Å². The molecule has 0 saturated carbocycles. The second-order valence-electron chi connectivity index (χ2n) is 6.15. The molecule has 3 atom stereocenters. The topological polar surface area (TPSA) is 105 Å². The van der Waals surface area contributed by atoms with Gasteiger partial charge in [0.2, 0.25) is 0 Å². The maximum atomic E-state index is 12.4. The van der Waals surface area contributed by atoms with E-state index in [2.05, 4.69) is 10.6 Å². The molecule has 1 aromatic rings. The van der Waals surface area contributed by atoms with E-state index < -0.39 is 40.1 Å². The van der Waals surface area contributed by atoms with Gasteiger partial charge in [-0.2, -0.15) is 0 Å². The lowest BCUT2D eigenvalue weighted by atomic mass is 10.0. The Morgan fingerprint density at radius 2 is 1.96 bits per heavy atom. The van der Waals surface area contributed by atoms with Crippen LogP contribution in [0.5, 0.6) is 0 Å². The molecule has 3 N–H and O–H groups in total. The van der Waals surface area contributed by atoms with Crippen LogP contribution in [0.3, 0.4) is 0 Å². The zero-order valence-corrected chi connectivity index (χ0v) is 15.1. The van der Waals surface area contributed by atoms with Gasteiger partial charge in [-0.15, -0.1) is 11.8 Å². The fourth-order valence-corrected chi connectivity index (χ4v) is 4.11. The van der Waals surface area contributed by atoms with E-state index in [1.54, 1.807) is 51.1 Å². The smallest absolute Gasteiger partial charge is 0.331 e. The molecule has 0 aliphatic carbocycles. The number of benzene rings is 1. The number of hydrogen-bond acceptors (Lipinski definition) is 6. The lowest BCUT2D eigenvalue weighted by Crippen LogP contribution is -2.54. The molecule has 1 amide bonds. The minimum atomic E-state index is -1.00. The number of amides is 1. The van der Waals surface area contributed by atoms with Crippen molar-refractivity contribution in [2.45, 2.75) is 43.0 Å². The molecule has 1 fully saturated rings. The fourth-order valence-electron chi connectivity index (χ4n) is 2.63. The largest absolute Gasteiger partial charge is 0.480 e. The molecule has 2 rings (SSSR count). The number of ether oxygens (including phenoxy) is 1. The summed E-state index contributed by atoms with van der Waals surface area (Å²) in [6, 6.07) is 6.66. The summed E-state index contributed by atoms with van der Waals surface area (Å²) in [5.74, 6) is -2.02. The van der Waals surface area contributed by atoms with Crippen molar-refractivity contribution in [2.75, 3.05) is 6.61 Å². The standard InChI is InChI=1S/C17H22N2O5S/c1-4-24-16(23)11(18-13(20)10-8-6-5-7-9-10)14-19-12(15(21)22)17(2,3)25-14/h5-9,11-12,14,19H,4H2,1-3H3,(H,18,20)(H,21,22)/t11-,12-,14-/m1/s1. The molecule has 0 radical (unpaired) electrons. The first kappa shape index (κ1) is 19.3. The van der Waals surface area contributed by atoms with Crippen molar-refractivity contribution < 1.29 is 24.2 Å². The molecule has 0 unspecified atom stereocenters. The average Bonchev–Trinajstić information content (AvgIpc) is 2.88. The molecule has 25 heavy (non-hydrogen) atoms. The van der Waals surface area contributed by atoms with Gasteiger partial charge in [-0.1, -0.05) is 18.2 Å². The van der Waals surface area contributed by atoms with Gasteiger partial charge >= 0.3 is 11.9 Å². The number of thioether (sulfide) groups is 1. The number of carbonyl (C=O) groups is 3. The summed E-state index contributed by atoms with van der Waals surface area (Å²) in [7, 11) is 0. The number of rotatable bonds is 6. The van der Waals surface area contributed by atoms with Gasteiger partial charge in [-0.25, -0.2) is 4.79 Å². The lowest BCUT2D eigenvalue weighted by Gasteiger charge is -2.23. The number of hydrogen-bond donors (Lipinski definition) is 3. The van der Waals surface area contributed by atoms with Crippen LogP contribution in [0, 0.1) is 0 Å². The van der Waals surface area contributed by atoms with E-state index >= 15 is 0 Å². The van der Waals surface area contributed by atoms with Gasteiger partial charge < -0.3 is 15.2 Å². The molecule has 0 spiro atoms. The summed E-state index contributed by atoms with van der Waals surface area (Å²) in [5, 5.41) is 14.4. The molecule has 8 heteroatoms. The second-order valence-corrected chi connectivity index (χ2v) is 7.94. The Labute approximate surface area is 150 Å². The predicted octanol–water partition coefficient (Wildman–Crippen LogP) is 1.24. The third-order valence-corrected chi connectivity index (χ3v) is 5.38. The number of nitrogens with one attached hydrogen (secondary N) is 2. The van der Waals surface area contributed by atoms with Gasteiger partial charge in [0.05, 0.1) is 12.0 Å². The van der Waals surface area contributed by atoms with Gasteiger partial charge in [-0.3, -0.25) is 14.9 Å². The van der Waals surface area contributed by atoms with E-state index in [-0.39, 0.29) is 6.61 Å². The summed E-state index contributed by atoms with van der Waals surface area (Å²) < 4.78 is 4.42. The zero-order chi connectivity index (χ0) is 18.6. The first-order chi connectivity index (χ1) is 11.8. The second kappa shape index (κ2) is 7.88.